The minimum Gasteiger partial charge on any atom is -0.421 e. The predicted molar refractivity (Wildman–Crippen MR) is 58.9 cm³/mol. The lowest BCUT2D eigenvalue weighted by molar-refractivity contribution is -0.176. The number of rotatable bonds is 6. The number of hydrogen-bond donors (Lipinski definition) is 0. The summed E-state index contributed by atoms with van der Waals surface area (Å²) in [6.07, 6.45) is -0.207. The molecule has 0 aliphatic rings. The van der Waals surface area contributed by atoms with E-state index in [1.807, 2.05) is 0 Å². The molecule has 0 spiro atoms. The SMILES string of the molecule is COC(OC)/C(C)=C/C(OC(C)=O)OC(C)=O. The Morgan fingerprint density at radius 1 is 0.941 bits per heavy atom. The van der Waals surface area contributed by atoms with Gasteiger partial charge in [-0.05, 0) is 12.5 Å². The van der Waals surface area contributed by atoms with Crippen LogP contribution < -0.4 is 0 Å². The maximum Gasteiger partial charge on any atom is 0.305 e. The lowest BCUT2D eigenvalue weighted by Gasteiger charge is -2.17. The molecule has 0 bridgehead atoms. The van der Waals surface area contributed by atoms with Crippen molar-refractivity contribution in [3.63, 3.8) is 0 Å². The second-order valence-electron chi connectivity index (χ2n) is 3.30. The fraction of sp³-hybridized carbons (Fsp3) is 0.636. The van der Waals surface area contributed by atoms with Gasteiger partial charge in [0.25, 0.3) is 6.29 Å². The van der Waals surface area contributed by atoms with E-state index in [4.69, 9.17) is 18.9 Å². The van der Waals surface area contributed by atoms with Crippen molar-refractivity contribution in [3.8, 4) is 0 Å². The Bertz CT molecular complexity index is 276. The standard InChI is InChI=1S/C11H18O6/c1-7(11(14-4)15-5)6-10(16-8(2)12)17-9(3)13/h6,10-11H,1-5H3/b7-6+. The molecule has 0 amide bonds. The van der Waals surface area contributed by atoms with E-state index >= 15 is 0 Å². The summed E-state index contributed by atoms with van der Waals surface area (Å²) in [6, 6.07) is 0. The molecule has 0 unspecified atom stereocenters. The smallest absolute Gasteiger partial charge is 0.305 e. The molecule has 0 aromatic rings. The highest BCUT2D eigenvalue weighted by atomic mass is 16.7. The van der Waals surface area contributed by atoms with Crippen LogP contribution in [0, 0.1) is 0 Å². The molecular weight excluding hydrogens is 228 g/mol. The van der Waals surface area contributed by atoms with Crippen molar-refractivity contribution in [1.82, 2.24) is 0 Å². The van der Waals surface area contributed by atoms with Gasteiger partial charge in [-0.2, -0.15) is 0 Å². The molecule has 6 nitrogen and oxygen atoms in total. The Morgan fingerprint density at radius 3 is 1.65 bits per heavy atom. The lowest BCUT2D eigenvalue weighted by atomic mass is 10.2. The molecule has 6 heteroatoms. The largest absolute Gasteiger partial charge is 0.421 e. The zero-order valence-electron chi connectivity index (χ0n) is 10.7. The van der Waals surface area contributed by atoms with Crippen LogP contribution in [0.25, 0.3) is 0 Å². The molecule has 0 fully saturated rings. The molecule has 0 rings (SSSR count). The third-order valence-electron chi connectivity index (χ3n) is 1.76. The van der Waals surface area contributed by atoms with Crippen LogP contribution in [-0.4, -0.2) is 38.7 Å². The summed E-state index contributed by atoms with van der Waals surface area (Å²) in [7, 11) is 2.94. The molecule has 0 radical (unpaired) electrons. The number of esters is 2. The molecule has 0 aliphatic carbocycles. The minimum absolute atomic E-state index is 0.549. The highest BCUT2D eigenvalue weighted by Gasteiger charge is 2.16. The Balaban J connectivity index is 4.73. The average Bonchev–Trinajstić information content (AvgIpc) is 2.16. The van der Waals surface area contributed by atoms with Crippen molar-refractivity contribution in [3.05, 3.63) is 11.6 Å². The van der Waals surface area contributed by atoms with E-state index in [1.54, 1.807) is 6.92 Å². The minimum atomic E-state index is -1.07. The van der Waals surface area contributed by atoms with Gasteiger partial charge in [-0.3, -0.25) is 9.59 Å². The number of methoxy groups -OCH3 is 2. The molecular formula is C11H18O6. The van der Waals surface area contributed by atoms with Crippen LogP contribution in [0.2, 0.25) is 0 Å². The Hall–Kier alpha value is -1.40. The van der Waals surface area contributed by atoms with E-state index in [0.717, 1.165) is 0 Å². The average molecular weight is 246 g/mol. The van der Waals surface area contributed by atoms with Crippen LogP contribution in [0.5, 0.6) is 0 Å². The second kappa shape index (κ2) is 7.81. The molecule has 0 aliphatic heterocycles. The first-order valence-corrected chi connectivity index (χ1v) is 4.99. The summed E-state index contributed by atoms with van der Waals surface area (Å²) < 4.78 is 19.6. The van der Waals surface area contributed by atoms with Crippen LogP contribution >= 0.6 is 0 Å². The van der Waals surface area contributed by atoms with Gasteiger partial charge in [0.15, 0.2) is 6.29 Å². The molecule has 98 valence electrons. The van der Waals surface area contributed by atoms with Gasteiger partial charge < -0.3 is 18.9 Å². The third kappa shape index (κ3) is 6.70. The van der Waals surface area contributed by atoms with Gasteiger partial charge in [-0.1, -0.05) is 0 Å². The molecule has 0 saturated carbocycles. The van der Waals surface area contributed by atoms with Gasteiger partial charge >= 0.3 is 11.9 Å². The Labute approximate surface area is 100 Å². The summed E-state index contributed by atoms with van der Waals surface area (Å²) in [4.78, 5) is 21.6. The van der Waals surface area contributed by atoms with Crippen molar-refractivity contribution in [1.29, 1.82) is 0 Å². The normalized spacial score (nSPS) is 11.8. The first-order valence-electron chi connectivity index (χ1n) is 4.99. The van der Waals surface area contributed by atoms with Crippen molar-refractivity contribution < 1.29 is 28.5 Å². The van der Waals surface area contributed by atoms with Gasteiger partial charge in [-0.15, -0.1) is 0 Å². The van der Waals surface area contributed by atoms with Crippen LogP contribution in [0.3, 0.4) is 0 Å². The van der Waals surface area contributed by atoms with Gasteiger partial charge in [0, 0.05) is 34.1 Å². The molecule has 0 saturated heterocycles. The van der Waals surface area contributed by atoms with Crippen molar-refractivity contribution in [2.75, 3.05) is 14.2 Å². The number of carbonyl (C=O) groups excluding carboxylic acids is 2. The highest BCUT2D eigenvalue weighted by molar-refractivity contribution is 5.68. The highest BCUT2D eigenvalue weighted by Crippen LogP contribution is 2.10. The van der Waals surface area contributed by atoms with Gasteiger partial charge in [-0.25, -0.2) is 0 Å². The molecule has 0 atom stereocenters. The monoisotopic (exact) mass is 246 g/mol. The summed E-state index contributed by atoms with van der Waals surface area (Å²) in [5.74, 6) is -1.10. The molecule has 17 heavy (non-hydrogen) atoms. The van der Waals surface area contributed by atoms with Crippen LogP contribution in [0.1, 0.15) is 20.8 Å². The van der Waals surface area contributed by atoms with E-state index in [-0.39, 0.29) is 0 Å². The van der Waals surface area contributed by atoms with Crippen LogP contribution in [-0.2, 0) is 28.5 Å². The van der Waals surface area contributed by atoms with Gasteiger partial charge in [0.2, 0.25) is 0 Å². The fourth-order valence-corrected chi connectivity index (χ4v) is 1.18. The summed E-state index contributed by atoms with van der Waals surface area (Å²) >= 11 is 0. The van der Waals surface area contributed by atoms with E-state index in [0.29, 0.717) is 5.57 Å². The maximum atomic E-state index is 10.8. The van der Waals surface area contributed by atoms with E-state index in [9.17, 15) is 9.59 Å². The lowest BCUT2D eigenvalue weighted by Crippen LogP contribution is -2.23. The molecule has 0 heterocycles. The summed E-state index contributed by atoms with van der Waals surface area (Å²) in [5, 5.41) is 0. The van der Waals surface area contributed by atoms with Crippen LogP contribution in [0.15, 0.2) is 11.6 Å². The van der Waals surface area contributed by atoms with Crippen LogP contribution in [0.4, 0.5) is 0 Å². The third-order valence-corrected chi connectivity index (χ3v) is 1.76. The van der Waals surface area contributed by atoms with Crippen molar-refractivity contribution in [2.45, 2.75) is 33.4 Å². The number of hydrogen-bond acceptors (Lipinski definition) is 6. The quantitative estimate of drug-likeness (QED) is 0.395. The zero-order chi connectivity index (χ0) is 13.4. The molecule has 0 aromatic carbocycles. The predicted octanol–water partition coefficient (Wildman–Crippen LogP) is 1.00. The van der Waals surface area contributed by atoms with Gasteiger partial charge in [0.1, 0.15) is 0 Å². The summed E-state index contributed by atoms with van der Waals surface area (Å²) in [6.45, 7) is 4.16. The van der Waals surface area contributed by atoms with Crippen molar-refractivity contribution >= 4 is 11.9 Å². The zero-order valence-corrected chi connectivity index (χ0v) is 10.7. The van der Waals surface area contributed by atoms with Crippen molar-refractivity contribution in [2.24, 2.45) is 0 Å². The topological polar surface area (TPSA) is 71.1 Å². The number of ether oxygens (including phenoxy) is 4. The number of carbonyl (C=O) groups is 2. The van der Waals surface area contributed by atoms with E-state index in [1.165, 1.54) is 34.1 Å². The first-order chi connectivity index (χ1) is 7.90. The Morgan fingerprint density at radius 2 is 1.35 bits per heavy atom. The van der Waals surface area contributed by atoms with E-state index < -0.39 is 24.5 Å². The molecule has 0 aromatic heterocycles. The second-order valence-corrected chi connectivity index (χ2v) is 3.30. The molecule has 0 N–H and O–H groups in total. The Kier molecular flexibility index (Phi) is 7.16. The van der Waals surface area contributed by atoms with E-state index in [2.05, 4.69) is 0 Å². The first kappa shape index (κ1) is 15.6. The summed E-state index contributed by atoms with van der Waals surface area (Å²) in [5.41, 5.74) is 0.627. The maximum absolute atomic E-state index is 10.8. The fourth-order valence-electron chi connectivity index (χ4n) is 1.18. The van der Waals surface area contributed by atoms with Gasteiger partial charge in [0.05, 0.1) is 0 Å².